The second kappa shape index (κ2) is 6.05. The van der Waals surface area contributed by atoms with Crippen molar-refractivity contribution in [1.82, 2.24) is 0 Å². The topological polar surface area (TPSA) is 12.0 Å². The summed E-state index contributed by atoms with van der Waals surface area (Å²) in [5.74, 6) is -0.337. The highest BCUT2D eigenvalue weighted by molar-refractivity contribution is 9.10. The van der Waals surface area contributed by atoms with Crippen LogP contribution in [0.3, 0.4) is 0 Å². The molecule has 21 heavy (non-hydrogen) atoms. The maximum absolute atomic E-state index is 13.0. The van der Waals surface area contributed by atoms with Crippen LogP contribution in [0.5, 0.6) is 0 Å². The minimum Gasteiger partial charge on any atom is -0.380 e. The molecule has 0 bridgehead atoms. The molecule has 0 saturated carbocycles. The van der Waals surface area contributed by atoms with Gasteiger partial charge in [-0.2, -0.15) is 13.2 Å². The van der Waals surface area contributed by atoms with Crippen LogP contribution in [0.1, 0.15) is 16.7 Å². The molecular weight excluding hydrogens is 350 g/mol. The van der Waals surface area contributed by atoms with Crippen LogP contribution in [-0.4, -0.2) is 0 Å². The first kappa shape index (κ1) is 15.8. The van der Waals surface area contributed by atoms with Gasteiger partial charge in [0.05, 0.1) is 5.56 Å². The van der Waals surface area contributed by atoms with Crippen LogP contribution in [0.4, 0.5) is 23.2 Å². The highest BCUT2D eigenvalue weighted by Gasteiger charge is 2.30. The predicted octanol–water partition coefficient (Wildman–Crippen LogP) is 5.53. The molecule has 0 aliphatic heterocycles. The fourth-order valence-corrected chi connectivity index (χ4v) is 2.27. The third-order valence-corrected chi connectivity index (χ3v) is 3.76. The van der Waals surface area contributed by atoms with Crippen molar-refractivity contribution >= 4 is 21.6 Å². The van der Waals surface area contributed by atoms with Crippen molar-refractivity contribution < 1.29 is 17.6 Å². The van der Waals surface area contributed by atoms with E-state index in [9.17, 15) is 17.6 Å². The molecule has 0 fully saturated rings. The Hall–Kier alpha value is -1.56. The molecular formula is C15H12BrF4N. The van der Waals surface area contributed by atoms with Crippen LogP contribution in [0, 0.1) is 12.7 Å². The minimum atomic E-state index is -4.39. The van der Waals surface area contributed by atoms with Gasteiger partial charge in [-0.15, -0.1) is 0 Å². The van der Waals surface area contributed by atoms with E-state index in [1.54, 1.807) is 13.0 Å². The van der Waals surface area contributed by atoms with Crippen LogP contribution in [0.25, 0.3) is 0 Å². The van der Waals surface area contributed by atoms with Crippen LogP contribution in [-0.2, 0) is 12.7 Å². The molecule has 0 amide bonds. The average Bonchev–Trinajstić information content (AvgIpc) is 2.38. The van der Waals surface area contributed by atoms with Crippen molar-refractivity contribution in [3.63, 3.8) is 0 Å². The lowest BCUT2D eigenvalue weighted by Gasteiger charge is -2.13. The molecule has 112 valence electrons. The zero-order valence-corrected chi connectivity index (χ0v) is 12.6. The van der Waals surface area contributed by atoms with Crippen LogP contribution >= 0.6 is 15.9 Å². The first-order chi connectivity index (χ1) is 9.77. The van der Waals surface area contributed by atoms with E-state index in [0.29, 0.717) is 16.7 Å². The molecule has 2 aromatic carbocycles. The van der Waals surface area contributed by atoms with Gasteiger partial charge in [0, 0.05) is 16.7 Å². The standard InChI is InChI=1S/C15H12BrF4N/c1-9-6-12(17)4-2-10(9)8-21-14-7-11(15(18,19)20)3-5-13(14)16/h2-7,21H,8H2,1H3. The summed E-state index contributed by atoms with van der Waals surface area (Å²) in [5, 5.41) is 2.93. The van der Waals surface area contributed by atoms with Crippen molar-refractivity contribution in [1.29, 1.82) is 0 Å². The Bertz CT molecular complexity index is 653. The quantitative estimate of drug-likeness (QED) is 0.709. The lowest BCUT2D eigenvalue weighted by atomic mass is 10.1. The van der Waals surface area contributed by atoms with Gasteiger partial charge < -0.3 is 5.32 Å². The predicted molar refractivity (Wildman–Crippen MR) is 77.6 cm³/mol. The second-order valence-corrected chi connectivity index (χ2v) is 5.47. The summed E-state index contributed by atoms with van der Waals surface area (Å²) in [7, 11) is 0. The number of nitrogens with one attached hydrogen (secondary N) is 1. The van der Waals surface area contributed by atoms with E-state index >= 15 is 0 Å². The summed E-state index contributed by atoms with van der Waals surface area (Å²) in [5.41, 5.74) is 1.18. The number of rotatable bonds is 3. The fourth-order valence-electron chi connectivity index (χ4n) is 1.89. The summed E-state index contributed by atoms with van der Waals surface area (Å²) in [6.07, 6.45) is -4.39. The van der Waals surface area contributed by atoms with E-state index in [4.69, 9.17) is 0 Å². The first-order valence-electron chi connectivity index (χ1n) is 6.13. The SMILES string of the molecule is Cc1cc(F)ccc1CNc1cc(C(F)(F)F)ccc1Br. The average molecular weight is 362 g/mol. The van der Waals surface area contributed by atoms with Gasteiger partial charge in [0.25, 0.3) is 0 Å². The van der Waals surface area contributed by atoms with Crippen molar-refractivity contribution in [3.05, 3.63) is 63.4 Å². The van der Waals surface area contributed by atoms with Gasteiger partial charge >= 0.3 is 6.18 Å². The highest BCUT2D eigenvalue weighted by atomic mass is 79.9. The third-order valence-electron chi connectivity index (χ3n) is 3.07. The zero-order chi connectivity index (χ0) is 15.6. The Kier molecular flexibility index (Phi) is 4.56. The molecule has 0 unspecified atom stereocenters. The monoisotopic (exact) mass is 361 g/mol. The second-order valence-electron chi connectivity index (χ2n) is 4.62. The van der Waals surface area contributed by atoms with E-state index in [0.717, 1.165) is 23.3 Å². The van der Waals surface area contributed by atoms with Crippen LogP contribution in [0.2, 0.25) is 0 Å². The molecule has 0 atom stereocenters. The summed E-state index contributed by atoms with van der Waals surface area (Å²) in [6, 6.07) is 7.73. The maximum atomic E-state index is 13.0. The summed E-state index contributed by atoms with van der Waals surface area (Å²) in [6.45, 7) is 2.06. The zero-order valence-electron chi connectivity index (χ0n) is 11.1. The lowest BCUT2D eigenvalue weighted by molar-refractivity contribution is -0.137. The molecule has 0 radical (unpaired) electrons. The molecule has 1 N–H and O–H groups in total. The van der Waals surface area contributed by atoms with Crippen LogP contribution in [0.15, 0.2) is 40.9 Å². The first-order valence-corrected chi connectivity index (χ1v) is 6.92. The van der Waals surface area contributed by atoms with E-state index in [-0.39, 0.29) is 5.82 Å². The fraction of sp³-hybridized carbons (Fsp3) is 0.200. The number of alkyl halides is 3. The molecule has 0 aromatic heterocycles. The summed E-state index contributed by atoms with van der Waals surface area (Å²) in [4.78, 5) is 0. The number of hydrogen-bond acceptors (Lipinski definition) is 1. The van der Waals surface area contributed by atoms with Crippen molar-refractivity contribution in [3.8, 4) is 0 Å². The van der Waals surface area contributed by atoms with Gasteiger partial charge in [0.15, 0.2) is 0 Å². The van der Waals surface area contributed by atoms with Crippen molar-refractivity contribution in [2.24, 2.45) is 0 Å². The van der Waals surface area contributed by atoms with Gasteiger partial charge in [0.2, 0.25) is 0 Å². The van der Waals surface area contributed by atoms with Gasteiger partial charge in [-0.25, -0.2) is 4.39 Å². The molecule has 0 spiro atoms. The van der Waals surface area contributed by atoms with Crippen molar-refractivity contribution in [2.75, 3.05) is 5.32 Å². The molecule has 2 aromatic rings. The Labute approximate surface area is 128 Å². The molecule has 2 rings (SSSR count). The van der Waals surface area contributed by atoms with Gasteiger partial charge in [-0.3, -0.25) is 0 Å². The van der Waals surface area contributed by atoms with Gasteiger partial charge in [-0.1, -0.05) is 6.07 Å². The lowest BCUT2D eigenvalue weighted by Crippen LogP contribution is -2.07. The maximum Gasteiger partial charge on any atom is 0.416 e. The van der Waals surface area contributed by atoms with Crippen LogP contribution < -0.4 is 5.32 Å². The van der Waals surface area contributed by atoms with Crippen molar-refractivity contribution in [2.45, 2.75) is 19.6 Å². The van der Waals surface area contributed by atoms with E-state index in [2.05, 4.69) is 21.2 Å². The molecule has 0 heterocycles. The molecule has 0 aliphatic carbocycles. The summed E-state index contributed by atoms with van der Waals surface area (Å²) >= 11 is 3.21. The third kappa shape index (κ3) is 3.97. The molecule has 0 aliphatic rings. The highest BCUT2D eigenvalue weighted by Crippen LogP contribution is 2.34. The normalized spacial score (nSPS) is 11.5. The Morgan fingerprint density at radius 1 is 1.10 bits per heavy atom. The molecule has 6 heteroatoms. The number of anilines is 1. The van der Waals surface area contributed by atoms with E-state index in [1.807, 2.05) is 0 Å². The molecule has 1 nitrogen and oxygen atoms in total. The largest absolute Gasteiger partial charge is 0.416 e. The Morgan fingerprint density at radius 3 is 2.43 bits per heavy atom. The number of benzene rings is 2. The Morgan fingerprint density at radius 2 is 1.81 bits per heavy atom. The van der Waals surface area contributed by atoms with Gasteiger partial charge in [0.1, 0.15) is 5.82 Å². The van der Waals surface area contributed by atoms with E-state index in [1.165, 1.54) is 18.2 Å². The Balaban J connectivity index is 2.19. The van der Waals surface area contributed by atoms with E-state index < -0.39 is 11.7 Å². The number of halogens is 5. The smallest absolute Gasteiger partial charge is 0.380 e. The van der Waals surface area contributed by atoms with Gasteiger partial charge in [-0.05, 0) is 64.3 Å². The molecule has 0 saturated heterocycles. The minimum absolute atomic E-state index is 0.312. The number of aryl methyl sites for hydroxylation is 1. The number of hydrogen-bond donors (Lipinski definition) is 1. The summed E-state index contributed by atoms with van der Waals surface area (Å²) < 4.78 is 51.6.